The number of esters is 1. The van der Waals surface area contributed by atoms with Crippen LogP contribution in [0.15, 0.2) is 0 Å². The van der Waals surface area contributed by atoms with Crippen LogP contribution in [0.25, 0.3) is 0 Å². The molecule has 1 rings (SSSR count). The van der Waals surface area contributed by atoms with Crippen molar-refractivity contribution in [3.8, 4) is 0 Å². The Balaban J connectivity index is 2.74. The monoisotopic (exact) mass is 171 g/mol. The van der Waals surface area contributed by atoms with Crippen molar-refractivity contribution >= 4 is 11.9 Å². The standard InChI is InChI=1S/C8H13NO3/c1-8(2,3)6-7(11)9-4-5(10)12-6/h6H,4H2,1-3H3,(H,9,11). The highest BCUT2D eigenvalue weighted by atomic mass is 16.6. The van der Waals surface area contributed by atoms with Crippen molar-refractivity contribution in [2.24, 2.45) is 5.41 Å². The molecule has 0 saturated carbocycles. The second kappa shape index (κ2) is 2.77. The molecule has 4 heteroatoms. The van der Waals surface area contributed by atoms with E-state index in [2.05, 4.69) is 5.32 Å². The van der Waals surface area contributed by atoms with E-state index in [9.17, 15) is 9.59 Å². The minimum absolute atomic E-state index is 0.00852. The van der Waals surface area contributed by atoms with Gasteiger partial charge < -0.3 is 10.1 Å². The molecule has 0 bridgehead atoms. The molecule has 1 fully saturated rings. The van der Waals surface area contributed by atoms with Crippen molar-refractivity contribution in [2.45, 2.75) is 26.9 Å². The summed E-state index contributed by atoms with van der Waals surface area (Å²) in [4.78, 5) is 22.0. The molecule has 1 N–H and O–H groups in total. The molecule has 1 amide bonds. The van der Waals surface area contributed by atoms with Crippen LogP contribution in [0, 0.1) is 5.41 Å². The highest BCUT2D eigenvalue weighted by Crippen LogP contribution is 2.23. The Hall–Kier alpha value is -1.06. The lowest BCUT2D eigenvalue weighted by Gasteiger charge is -2.31. The number of nitrogens with one attached hydrogen (secondary N) is 1. The summed E-state index contributed by atoms with van der Waals surface area (Å²) in [5, 5.41) is 2.47. The Bertz CT molecular complexity index is 217. The summed E-state index contributed by atoms with van der Waals surface area (Å²) >= 11 is 0. The molecule has 1 atom stereocenters. The first-order chi connectivity index (χ1) is 5.41. The number of morpholine rings is 1. The van der Waals surface area contributed by atoms with Gasteiger partial charge in [-0.15, -0.1) is 0 Å². The van der Waals surface area contributed by atoms with Crippen molar-refractivity contribution < 1.29 is 14.3 Å². The molecular weight excluding hydrogens is 158 g/mol. The number of hydrogen-bond donors (Lipinski definition) is 1. The van der Waals surface area contributed by atoms with Gasteiger partial charge in [0.15, 0.2) is 6.10 Å². The van der Waals surface area contributed by atoms with E-state index in [1.165, 1.54) is 0 Å². The second-order valence-corrected chi connectivity index (χ2v) is 3.95. The van der Waals surface area contributed by atoms with Crippen LogP contribution < -0.4 is 5.32 Å². The third-order valence-electron chi connectivity index (χ3n) is 1.68. The molecule has 0 aromatic rings. The largest absolute Gasteiger partial charge is 0.450 e. The predicted octanol–water partition coefficient (Wildman–Crippen LogP) is 0.0741. The zero-order valence-electron chi connectivity index (χ0n) is 7.51. The Labute approximate surface area is 71.3 Å². The average Bonchev–Trinajstić information content (AvgIpc) is 1.92. The summed E-state index contributed by atoms with van der Waals surface area (Å²) in [5.41, 5.74) is -0.333. The highest BCUT2D eigenvalue weighted by Gasteiger charge is 2.37. The lowest BCUT2D eigenvalue weighted by Crippen LogP contribution is -2.52. The molecular formula is C8H13NO3. The molecule has 12 heavy (non-hydrogen) atoms. The number of cyclic esters (lactones) is 1. The van der Waals surface area contributed by atoms with Gasteiger partial charge in [-0.3, -0.25) is 9.59 Å². The predicted molar refractivity (Wildman–Crippen MR) is 42.3 cm³/mol. The maximum Gasteiger partial charge on any atom is 0.326 e. The van der Waals surface area contributed by atoms with Crippen LogP contribution in [-0.4, -0.2) is 24.5 Å². The third-order valence-corrected chi connectivity index (χ3v) is 1.68. The Kier molecular flexibility index (Phi) is 2.08. The summed E-state index contributed by atoms with van der Waals surface area (Å²) in [6, 6.07) is 0. The van der Waals surface area contributed by atoms with Gasteiger partial charge in [-0.2, -0.15) is 0 Å². The van der Waals surface area contributed by atoms with Crippen LogP contribution in [0.4, 0.5) is 0 Å². The van der Waals surface area contributed by atoms with E-state index in [1.807, 2.05) is 20.8 Å². The molecule has 0 aromatic heterocycles. The molecule has 0 aromatic carbocycles. The van der Waals surface area contributed by atoms with Gasteiger partial charge >= 0.3 is 5.97 Å². The summed E-state index contributed by atoms with van der Waals surface area (Å²) in [7, 11) is 0. The Morgan fingerprint density at radius 1 is 1.42 bits per heavy atom. The van der Waals surface area contributed by atoms with Gasteiger partial charge in [0.25, 0.3) is 5.91 Å². The van der Waals surface area contributed by atoms with Gasteiger partial charge in [0.1, 0.15) is 6.54 Å². The molecule has 0 aliphatic carbocycles. The molecule has 4 nitrogen and oxygen atoms in total. The van der Waals surface area contributed by atoms with Crippen LogP contribution in [0.1, 0.15) is 20.8 Å². The van der Waals surface area contributed by atoms with Gasteiger partial charge in [0.2, 0.25) is 0 Å². The molecule has 0 spiro atoms. The molecule has 1 saturated heterocycles. The zero-order valence-corrected chi connectivity index (χ0v) is 7.51. The molecule has 1 aliphatic heterocycles. The number of rotatable bonds is 0. The molecule has 1 heterocycles. The van der Waals surface area contributed by atoms with Crippen LogP contribution in [0.3, 0.4) is 0 Å². The number of carbonyl (C=O) groups is 2. The summed E-state index contributed by atoms with van der Waals surface area (Å²) < 4.78 is 4.91. The van der Waals surface area contributed by atoms with Gasteiger partial charge in [-0.1, -0.05) is 20.8 Å². The van der Waals surface area contributed by atoms with E-state index in [-0.39, 0.29) is 23.8 Å². The quantitative estimate of drug-likeness (QED) is 0.525. The SMILES string of the molecule is CC(C)(C)C1OC(=O)CNC1=O. The first-order valence-corrected chi connectivity index (χ1v) is 3.88. The summed E-state index contributed by atoms with van der Waals surface area (Å²) in [5.74, 6) is -0.573. The zero-order chi connectivity index (χ0) is 9.35. The van der Waals surface area contributed by atoms with Crippen LogP contribution in [0.5, 0.6) is 0 Å². The fourth-order valence-corrected chi connectivity index (χ4v) is 1.05. The van der Waals surface area contributed by atoms with E-state index in [1.54, 1.807) is 0 Å². The third kappa shape index (κ3) is 1.75. The minimum Gasteiger partial charge on any atom is -0.450 e. The van der Waals surface area contributed by atoms with Gasteiger partial charge in [-0.25, -0.2) is 0 Å². The first kappa shape index (κ1) is 9.03. The Morgan fingerprint density at radius 2 is 2.00 bits per heavy atom. The van der Waals surface area contributed by atoms with Crippen LogP contribution in [0.2, 0.25) is 0 Å². The van der Waals surface area contributed by atoms with Crippen molar-refractivity contribution in [3.63, 3.8) is 0 Å². The number of hydrogen-bond acceptors (Lipinski definition) is 3. The topological polar surface area (TPSA) is 55.4 Å². The smallest absolute Gasteiger partial charge is 0.326 e. The van der Waals surface area contributed by atoms with Gasteiger partial charge in [-0.05, 0) is 0 Å². The van der Waals surface area contributed by atoms with Crippen molar-refractivity contribution in [1.29, 1.82) is 0 Å². The Morgan fingerprint density at radius 3 is 2.42 bits per heavy atom. The average molecular weight is 171 g/mol. The van der Waals surface area contributed by atoms with Crippen LogP contribution in [-0.2, 0) is 14.3 Å². The molecule has 1 aliphatic rings. The molecule has 0 radical (unpaired) electrons. The fourth-order valence-electron chi connectivity index (χ4n) is 1.05. The van der Waals surface area contributed by atoms with Crippen molar-refractivity contribution in [1.82, 2.24) is 5.32 Å². The van der Waals surface area contributed by atoms with E-state index in [0.717, 1.165) is 0 Å². The summed E-state index contributed by atoms with van der Waals surface area (Å²) in [6.45, 7) is 5.56. The normalized spacial score (nSPS) is 24.8. The van der Waals surface area contributed by atoms with E-state index < -0.39 is 6.10 Å². The summed E-state index contributed by atoms with van der Waals surface area (Å²) in [6.07, 6.45) is -0.654. The van der Waals surface area contributed by atoms with Crippen LogP contribution >= 0.6 is 0 Å². The van der Waals surface area contributed by atoms with E-state index >= 15 is 0 Å². The minimum atomic E-state index is -0.654. The maximum absolute atomic E-state index is 11.2. The van der Waals surface area contributed by atoms with Gasteiger partial charge in [0.05, 0.1) is 0 Å². The molecule has 68 valence electrons. The highest BCUT2D eigenvalue weighted by molar-refractivity contribution is 5.90. The fraction of sp³-hybridized carbons (Fsp3) is 0.750. The maximum atomic E-state index is 11.2. The molecule has 1 unspecified atom stereocenters. The first-order valence-electron chi connectivity index (χ1n) is 3.88. The number of carbonyl (C=O) groups excluding carboxylic acids is 2. The van der Waals surface area contributed by atoms with Crippen molar-refractivity contribution in [2.75, 3.05) is 6.54 Å². The second-order valence-electron chi connectivity index (χ2n) is 3.95. The van der Waals surface area contributed by atoms with Gasteiger partial charge in [0, 0.05) is 5.41 Å². The van der Waals surface area contributed by atoms with E-state index in [0.29, 0.717) is 0 Å². The van der Waals surface area contributed by atoms with Crippen molar-refractivity contribution in [3.05, 3.63) is 0 Å². The lowest BCUT2D eigenvalue weighted by atomic mass is 9.88. The lowest BCUT2D eigenvalue weighted by molar-refractivity contribution is -0.168. The van der Waals surface area contributed by atoms with E-state index in [4.69, 9.17) is 4.74 Å². The number of amides is 1. The number of ether oxygens (including phenoxy) is 1.